The van der Waals surface area contributed by atoms with Crippen LogP contribution in [0.25, 0.3) is 24.3 Å². The van der Waals surface area contributed by atoms with Gasteiger partial charge in [-0.05, 0) is 290 Å². The molecule has 4 saturated heterocycles. The zero-order chi connectivity index (χ0) is 87.2. The Morgan fingerprint density at radius 1 is 0.389 bits per heavy atom. The average Bonchev–Trinajstić information content (AvgIpc) is 1.65. The molecule has 9 aliphatic rings. The number of rotatable bonds is 15. The number of hydrogen-bond acceptors (Lipinski definition) is 21. The fraction of sp³-hybridized carbons (Fsp3) is 0.224. The molecule has 5 fully saturated rings. The fourth-order valence-corrected chi connectivity index (χ4v) is 18.3. The van der Waals surface area contributed by atoms with E-state index in [-0.39, 0.29) is 53.0 Å². The number of methoxy groups -OCH3 is 1. The van der Waals surface area contributed by atoms with Crippen molar-refractivity contribution in [2.24, 2.45) is 25.9 Å². The molecule has 0 spiro atoms. The van der Waals surface area contributed by atoms with Gasteiger partial charge < -0.3 is 42.6 Å². The maximum Gasteiger partial charge on any atom is 0.271 e. The molecule has 4 amide bonds. The zero-order valence-electron chi connectivity index (χ0n) is 69.5. The number of thioether (sulfide) groups is 4. The number of halogens is 3. The molecule has 8 aliphatic heterocycles. The highest BCUT2D eigenvalue weighted by Crippen LogP contribution is 2.45. The van der Waals surface area contributed by atoms with Crippen LogP contribution >= 0.6 is 47.0 Å². The summed E-state index contributed by atoms with van der Waals surface area (Å²) in [6.45, 7) is 13.3. The van der Waals surface area contributed by atoms with Crippen molar-refractivity contribution >= 4 is 144 Å². The third-order valence-corrected chi connectivity index (χ3v) is 24.5. The van der Waals surface area contributed by atoms with Gasteiger partial charge in [-0.3, -0.25) is 43.8 Å². The summed E-state index contributed by atoms with van der Waals surface area (Å²) >= 11 is 5.35. The lowest BCUT2D eigenvalue weighted by atomic mass is 9.94. The van der Waals surface area contributed by atoms with Crippen LogP contribution in [0, 0.1) is 37.2 Å². The number of benzene rings is 10. The molecule has 0 radical (unpaired) electrons. The number of carbonyl (C=O) groups is 4. The van der Waals surface area contributed by atoms with Crippen molar-refractivity contribution < 1.29 is 75.0 Å². The summed E-state index contributed by atoms with van der Waals surface area (Å²) in [4.78, 5) is 81.1. The number of ether oxygens (including phenoxy) is 9. The van der Waals surface area contributed by atoms with Gasteiger partial charge >= 0.3 is 0 Å². The first-order chi connectivity index (χ1) is 61.3. The van der Waals surface area contributed by atoms with E-state index in [2.05, 4.69) is 18.8 Å². The van der Waals surface area contributed by atoms with Crippen LogP contribution < -0.4 is 52.4 Å². The molecule has 1 saturated carbocycles. The second-order valence-corrected chi connectivity index (χ2v) is 34.4. The van der Waals surface area contributed by atoms with Gasteiger partial charge in [-0.15, -0.1) is 0 Å². The lowest BCUT2D eigenvalue weighted by Gasteiger charge is -2.30. The summed E-state index contributed by atoms with van der Waals surface area (Å²) in [7, 11) is 1.64. The predicted molar refractivity (Wildman–Crippen MR) is 494 cm³/mol. The number of carbonyl (C=O) groups excluding carboxylic acids is 4. The molecule has 1 aliphatic carbocycles. The van der Waals surface area contributed by atoms with Crippen molar-refractivity contribution in [1.82, 2.24) is 9.80 Å². The molecule has 10 aromatic carbocycles. The summed E-state index contributed by atoms with van der Waals surface area (Å²) in [5.41, 5.74) is 10.1. The van der Waals surface area contributed by atoms with Gasteiger partial charge in [-0.1, -0.05) is 105 Å². The van der Waals surface area contributed by atoms with Gasteiger partial charge in [-0.2, -0.15) is 0 Å². The van der Waals surface area contributed by atoms with Gasteiger partial charge in [0.05, 0.1) is 61.7 Å². The van der Waals surface area contributed by atoms with Crippen LogP contribution in [0.1, 0.15) is 84.9 Å². The maximum absolute atomic E-state index is 13.5. The summed E-state index contributed by atoms with van der Waals surface area (Å²) in [5.74, 6) is 5.25. The van der Waals surface area contributed by atoms with E-state index in [4.69, 9.17) is 57.6 Å². The summed E-state index contributed by atoms with van der Waals surface area (Å²) in [6, 6.07) is 63.9. The molecule has 0 aromatic heterocycles. The van der Waals surface area contributed by atoms with Crippen molar-refractivity contribution in [2.45, 2.75) is 72.4 Å². The number of hydrogen-bond donors (Lipinski definition) is 0. The molecule has 19 rings (SSSR count). The number of fused-ring (bicyclic) bond motifs is 4. The Morgan fingerprint density at radius 3 is 1.16 bits per heavy atom. The molecule has 126 heavy (non-hydrogen) atoms. The molecule has 0 unspecified atom stereocenters. The third-order valence-electron chi connectivity index (χ3n) is 20.6. The molecule has 0 bridgehead atoms. The molecule has 642 valence electrons. The minimum Gasteiger partial charge on any atom is -0.497 e. The highest BCUT2D eigenvalue weighted by atomic mass is 32.2. The first-order valence-electron chi connectivity index (χ1n) is 41.2. The van der Waals surface area contributed by atoms with Crippen molar-refractivity contribution in [2.75, 3.05) is 76.3 Å². The van der Waals surface area contributed by atoms with Crippen molar-refractivity contribution in [3.63, 3.8) is 0 Å². The zero-order valence-corrected chi connectivity index (χ0v) is 72.8. The molecule has 10 aromatic rings. The Kier molecular flexibility index (Phi) is 27.8. The van der Waals surface area contributed by atoms with E-state index in [0.717, 1.165) is 93.3 Å². The molecule has 0 N–H and O–H groups in total. The Hall–Kier alpha value is -12.9. The lowest BCUT2D eigenvalue weighted by molar-refractivity contribution is -0.124. The number of amidine groups is 4. The fourth-order valence-electron chi connectivity index (χ4n) is 14.3. The standard InChI is InChI=1S/C27H24N2O4S.C25H19FN2O3S.C24H23FN2O3S.C22H21FN2O3S/c1-18-3-8-21(9-4-18)29-26(30)25(16-20-7-12-23-24(15-20)33-14-13-32-23)34-27(29)28-17-19-5-10-22(31-2)11-6-19;1-16-2-7-19(8-3-16)27-25-28(20-9-5-18(26)6-10-20)24(29)23(32-25)15-17-4-11-21-22(14-17)31-13-12-30-21;25-17-7-9-18(10-8-17)26-24-27(19-4-2-1-3-5-19)23(28)22(31-24)15-16-6-11-20-21(14-16)30-13-12-29-20;1-14(2)13-25-21(26)20(29-22(25)24-17-6-4-16(23)5-7-17)12-15-3-8-18-19(11-15)28-10-9-27-18/h3-12,15-16H,13-14,17H2,1-2H3;2-11,14-15H,12-13H2,1H3;6-11,14-15,19H,1-5,12-13H2;3-8,11-12,14H,9-10,13H2,1-2H3/b25-16-,28-27?;23-15-,27-25?;22-15-,26-24?;20-12-,24-22?. The van der Waals surface area contributed by atoms with E-state index in [9.17, 15) is 32.3 Å². The van der Waals surface area contributed by atoms with Crippen LogP contribution in [0.5, 0.6) is 51.7 Å². The average molecular weight is 1770 g/mol. The quantitative estimate of drug-likeness (QED) is 0.0873. The Labute approximate surface area is 744 Å². The predicted octanol–water partition coefficient (Wildman–Crippen LogP) is 21.6. The van der Waals surface area contributed by atoms with E-state index < -0.39 is 0 Å². The summed E-state index contributed by atoms with van der Waals surface area (Å²) in [6.07, 6.45) is 12.8. The van der Waals surface area contributed by atoms with Crippen LogP contribution in [-0.2, 0) is 25.7 Å². The number of anilines is 2. The highest BCUT2D eigenvalue weighted by Gasteiger charge is 2.41. The molecular weight excluding hydrogens is 1680 g/mol. The van der Waals surface area contributed by atoms with Crippen molar-refractivity contribution in [3.8, 4) is 51.7 Å². The SMILES string of the molecule is CC(C)CN1C(=O)/C(=C/c2ccc3c(c2)OCCO3)SC1=Nc1ccc(F)cc1.COc1ccc(CN=C2S/C(=C\c3ccc4c(c3)OCCO4)C(=O)N2c2ccc(C)cc2)cc1.Cc1ccc(N=C2S/C(=C\c3ccc4c(c3)OCCO4)C(=O)N2c2ccc(F)cc2)cc1.O=C1/C(=C/c2ccc3c(c2)OCCO3)SC(=Nc2ccc(F)cc2)N1C1CCCCC1. The second kappa shape index (κ2) is 40.4. The van der Waals surface area contributed by atoms with Gasteiger partial charge in [0, 0.05) is 12.6 Å². The monoisotopic (exact) mass is 1770 g/mol. The minimum absolute atomic E-state index is 0.0207. The topological polar surface area (TPSA) is 214 Å². The van der Waals surface area contributed by atoms with Crippen molar-refractivity contribution in [3.05, 3.63) is 294 Å². The largest absolute Gasteiger partial charge is 0.497 e. The third kappa shape index (κ3) is 21.5. The van der Waals surface area contributed by atoms with E-state index in [1.165, 1.54) is 94.8 Å². The van der Waals surface area contributed by atoms with Crippen molar-refractivity contribution in [1.29, 1.82) is 0 Å². The van der Waals surface area contributed by atoms with Gasteiger partial charge in [0.15, 0.2) is 66.7 Å². The van der Waals surface area contributed by atoms with Crippen LogP contribution in [-0.4, -0.2) is 127 Å². The van der Waals surface area contributed by atoms with Crippen LogP contribution in [0.3, 0.4) is 0 Å². The Balaban J connectivity index is 0.000000124. The van der Waals surface area contributed by atoms with Crippen LogP contribution in [0.2, 0.25) is 0 Å². The van der Waals surface area contributed by atoms with Gasteiger partial charge in [-0.25, -0.2) is 28.1 Å². The van der Waals surface area contributed by atoms with E-state index in [1.54, 1.807) is 59.4 Å². The lowest BCUT2D eigenvalue weighted by Crippen LogP contribution is -2.40. The van der Waals surface area contributed by atoms with Crippen LogP contribution in [0.15, 0.2) is 258 Å². The highest BCUT2D eigenvalue weighted by molar-refractivity contribution is 8.20. The first-order valence-corrected chi connectivity index (χ1v) is 44.5. The van der Waals surface area contributed by atoms with E-state index >= 15 is 0 Å². The minimum atomic E-state index is -0.364. The smallest absolute Gasteiger partial charge is 0.271 e. The van der Waals surface area contributed by atoms with Crippen LogP contribution in [0.4, 0.5) is 41.6 Å². The normalized spacial score (nSPS) is 19.0. The van der Waals surface area contributed by atoms with Gasteiger partial charge in [0.1, 0.15) is 76.1 Å². The first kappa shape index (κ1) is 86.6. The molecule has 21 nitrogen and oxygen atoms in total. The molecule has 8 heterocycles. The van der Waals surface area contributed by atoms with Gasteiger partial charge in [0.25, 0.3) is 23.6 Å². The molecule has 0 atom stereocenters. The molecule has 28 heteroatoms. The Morgan fingerprint density at radius 2 is 0.730 bits per heavy atom. The number of aryl methyl sites for hydroxylation is 2. The summed E-state index contributed by atoms with van der Waals surface area (Å²) < 4.78 is 90.2. The maximum atomic E-state index is 13.5. The summed E-state index contributed by atoms with van der Waals surface area (Å²) in [5, 5.41) is 2.41. The van der Waals surface area contributed by atoms with E-state index in [0.29, 0.717) is 158 Å². The van der Waals surface area contributed by atoms with E-state index in [1.807, 2.05) is 183 Å². The second-order valence-electron chi connectivity index (χ2n) is 30.3. The Bertz CT molecular complexity index is 5990. The van der Waals surface area contributed by atoms with Gasteiger partial charge in [0.2, 0.25) is 0 Å². The number of aliphatic imine (C=N–C) groups is 4. The molecular formula is C98H87F3N8O13S4. The number of nitrogens with zero attached hydrogens (tertiary/aromatic N) is 8. The number of amides is 4.